The summed E-state index contributed by atoms with van der Waals surface area (Å²) in [6.07, 6.45) is 6.54. The Morgan fingerprint density at radius 3 is 2.89 bits per heavy atom. The van der Waals surface area contributed by atoms with E-state index >= 15 is 0 Å². The van der Waals surface area contributed by atoms with Gasteiger partial charge in [0.2, 0.25) is 0 Å². The fourth-order valence-corrected chi connectivity index (χ4v) is 2.28. The van der Waals surface area contributed by atoms with Gasteiger partial charge in [0.25, 0.3) is 5.91 Å². The van der Waals surface area contributed by atoms with Crippen LogP contribution in [0.25, 0.3) is 0 Å². The first kappa shape index (κ1) is 11.5. The monoisotopic (exact) mass is 310 g/mol. The molecule has 1 fully saturated rings. The van der Waals surface area contributed by atoms with Crippen molar-refractivity contribution in [2.75, 3.05) is 11.9 Å². The van der Waals surface area contributed by atoms with Crippen LogP contribution in [0.1, 0.15) is 12.8 Å². The zero-order valence-electron chi connectivity index (χ0n) is 9.71. The van der Waals surface area contributed by atoms with Crippen LogP contribution in [0.4, 0.5) is 5.82 Å². The summed E-state index contributed by atoms with van der Waals surface area (Å²) >= 11 is 3.34. The minimum atomic E-state index is -0.556. The van der Waals surface area contributed by atoms with Crippen LogP contribution in [0.5, 0.6) is 0 Å². The van der Waals surface area contributed by atoms with Gasteiger partial charge in [-0.15, -0.1) is 0 Å². The summed E-state index contributed by atoms with van der Waals surface area (Å²) < 4.78 is 7.34. The molecule has 0 bridgehead atoms. The molecule has 0 aromatic carbocycles. The zero-order chi connectivity index (χ0) is 12.8. The van der Waals surface area contributed by atoms with E-state index in [1.165, 1.54) is 11.2 Å². The van der Waals surface area contributed by atoms with Crippen molar-refractivity contribution in [2.24, 2.45) is 0 Å². The molecule has 3 rings (SSSR count). The number of anilines is 1. The van der Waals surface area contributed by atoms with E-state index in [1.807, 2.05) is 6.20 Å². The first-order valence-corrected chi connectivity index (χ1v) is 6.32. The van der Waals surface area contributed by atoms with Crippen molar-refractivity contribution >= 4 is 27.7 Å². The molecule has 1 saturated carbocycles. The van der Waals surface area contributed by atoms with Crippen LogP contribution in [0.2, 0.25) is 0 Å². The molecule has 0 unspecified atom stereocenters. The van der Waals surface area contributed by atoms with Gasteiger partial charge in [0.15, 0.2) is 5.82 Å². The molecule has 2 aromatic heterocycles. The molecule has 2 heterocycles. The topological polar surface area (TPSA) is 64.2 Å². The Labute approximate surface area is 112 Å². The lowest BCUT2D eigenvalue weighted by atomic mass is 10.2. The Morgan fingerprint density at radius 2 is 2.39 bits per heavy atom. The van der Waals surface area contributed by atoms with Gasteiger partial charge in [-0.1, -0.05) is 5.16 Å². The van der Waals surface area contributed by atoms with Gasteiger partial charge in [-0.25, -0.2) is 0 Å². The zero-order valence-corrected chi connectivity index (χ0v) is 11.3. The Morgan fingerprint density at radius 1 is 1.61 bits per heavy atom. The number of carbonyl (C=O) groups excluding carboxylic acids is 1. The number of amides is 1. The van der Waals surface area contributed by atoms with Crippen LogP contribution in [0.15, 0.2) is 33.7 Å². The molecule has 0 aliphatic heterocycles. The molecule has 1 aliphatic rings. The van der Waals surface area contributed by atoms with Crippen LogP contribution >= 0.6 is 15.9 Å². The van der Waals surface area contributed by atoms with Gasteiger partial charge in [-0.2, -0.15) is 5.10 Å². The number of hydrogen-bond donors (Lipinski definition) is 0. The van der Waals surface area contributed by atoms with Crippen LogP contribution in [-0.4, -0.2) is 27.9 Å². The van der Waals surface area contributed by atoms with Crippen LogP contribution in [0, 0.1) is 0 Å². The summed E-state index contributed by atoms with van der Waals surface area (Å²) in [5.74, 6) is 0.490. The van der Waals surface area contributed by atoms with E-state index in [9.17, 15) is 4.79 Å². The lowest BCUT2D eigenvalue weighted by Gasteiger charge is -2.21. The normalized spacial score (nSPS) is 16.6. The molecule has 0 saturated heterocycles. The second kappa shape index (κ2) is 3.94. The maximum atomic E-state index is 12.5. The van der Waals surface area contributed by atoms with Gasteiger partial charge in [-0.3, -0.25) is 14.4 Å². The lowest BCUT2D eigenvalue weighted by molar-refractivity contribution is -0.123. The second-order valence-corrected chi connectivity index (χ2v) is 5.27. The summed E-state index contributed by atoms with van der Waals surface area (Å²) in [7, 11) is 1.69. The highest BCUT2D eigenvalue weighted by molar-refractivity contribution is 9.10. The van der Waals surface area contributed by atoms with Gasteiger partial charge in [-0.05, 0) is 28.8 Å². The average molecular weight is 311 g/mol. The van der Waals surface area contributed by atoms with Gasteiger partial charge in [0.1, 0.15) is 11.8 Å². The highest BCUT2D eigenvalue weighted by Gasteiger charge is 2.54. The Balaban J connectivity index is 1.89. The Kier molecular flexibility index (Phi) is 2.51. The van der Waals surface area contributed by atoms with E-state index in [4.69, 9.17) is 4.52 Å². The van der Waals surface area contributed by atoms with Crippen LogP contribution in [-0.2, 0) is 10.3 Å². The lowest BCUT2D eigenvalue weighted by Crippen LogP contribution is -2.40. The molecular formula is C11H11BrN4O2. The molecule has 7 heteroatoms. The van der Waals surface area contributed by atoms with Gasteiger partial charge in [0, 0.05) is 19.3 Å². The molecule has 18 heavy (non-hydrogen) atoms. The summed E-state index contributed by atoms with van der Waals surface area (Å²) in [6.45, 7) is 0. The Bertz CT molecular complexity index is 574. The van der Waals surface area contributed by atoms with Crippen molar-refractivity contribution in [2.45, 2.75) is 18.4 Å². The van der Waals surface area contributed by atoms with Gasteiger partial charge < -0.3 is 4.52 Å². The third kappa shape index (κ3) is 1.66. The second-order valence-electron chi connectivity index (χ2n) is 4.36. The summed E-state index contributed by atoms with van der Waals surface area (Å²) in [5, 5.41) is 7.98. The predicted octanol–water partition coefficient (Wildman–Crippen LogP) is 1.79. The largest absolute Gasteiger partial charge is 0.363 e. The molecule has 0 radical (unpaired) electrons. The number of hydrogen-bond acceptors (Lipinski definition) is 4. The maximum Gasteiger partial charge on any atom is 0.255 e. The molecule has 0 atom stereocenters. The highest BCUT2D eigenvalue weighted by atomic mass is 79.9. The minimum Gasteiger partial charge on any atom is -0.363 e. The summed E-state index contributed by atoms with van der Waals surface area (Å²) in [6, 6.07) is 1.66. The number of carbonyl (C=O) groups is 1. The molecule has 6 nitrogen and oxygen atoms in total. The summed E-state index contributed by atoms with van der Waals surface area (Å²) in [4.78, 5) is 14.0. The van der Waals surface area contributed by atoms with Gasteiger partial charge in [0.05, 0.1) is 10.7 Å². The van der Waals surface area contributed by atoms with Crippen molar-refractivity contribution in [3.8, 4) is 0 Å². The Hall–Kier alpha value is -1.63. The van der Waals surface area contributed by atoms with E-state index in [1.54, 1.807) is 24.0 Å². The third-order valence-corrected chi connectivity index (χ3v) is 3.59. The smallest absolute Gasteiger partial charge is 0.255 e. The quantitative estimate of drug-likeness (QED) is 0.867. The highest BCUT2D eigenvalue weighted by Crippen LogP contribution is 2.45. The van der Waals surface area contributed by atoms with E-state index in [-0.39, 0.29) is 5.91 Å². The standard InChI is InChI=1S/C11H11BrN4O2/c1-15(9-2-5-18-14-9)10(17)11(3-4-11)16-7-8(12)6-13-16/h2,5-7H,3-4H2,1H3. The predicted molar refractivity (Wildman–Crippen MR) is 67.0 cm³/mol. The van der Waals surface area contributed by atoms with Crippen molar-refractivity contribution in [1.82, 2.24) is 14.9 Å². The van der Waals surface area contributed by atoms with Crippen molar-refractivity contribution in [1.29, 1.82) is 0 Å². The molecule has 2 aromatic rings. The fourth-order valence-electron chi connectivity index (χ4n) is 1.99. The van der Waals surface area contributed by atoms with Crippen molar-refractivity contribution in [3.63, 3.8) is 0 Å². The third-order valence-electron chi connectivity index (χ3n) is 3.18. The van der Waals surface area contributed by atoms with E-state index in [0.29, 0.717) is 5.82 Å². The minimum absolute atomic E-state index is 0.0213. The SMILES string of the molecule is CN(C(=O)C1(n2cc(Br)cn2)CC1)c1ccon1. The average Bonchev–Trinajstić information content (AvgIpc) is 2.79. The number of rotatable bonds is 3. The number of nitrogens with zero attached hydrogens (tertiary/aromatic N) is 4. The number of halogens is 1. The summed E-state index contributed by atoms with van der Waals surface area (Å²) in [5.41, 5.74) is -0.556. The molecule has 0 N–H and O–H groups in total. The molecule has 1 amide bonds. The van der Waals surface area contributed by atoms with E-state index in [2.05, 4.69) is 26.2 Å². The first-order chi connectivity index (χ1) is 8.63. The van der Waals surface area contributed by atoms with E-state index < -0.39 is 5.54 Å². The van der Waals surface area contributed by atoms with Crippen LogP contribution in [0.3, 0.4) is 0 Å². The van der Waals surface area contributed by atoms with Crippen LogP contribution < -0.4 is 4.90 Å². The van der Waals surface area contributed by atoms with Crippen molar-refractivity contribution < 1.29 is 9.32 Å². The van der Waals surface area contributed by atoms with Crippen molar-refractivity contribution in [3.05, 3.63) is 29.2 Å². The molecule has 1 aliphatic carbocycles. The number of likely N-dealkylation sites (N-methyl/N-ethyl adjacent to an activating group) is 1. The van der Waals surface area contributed by atoms with E-state index in [0.717, 1.165) is 17.3 Å². The molecular weight excluding hydrogens is 300 g/mol. The molecule has 0 spiro atoms. The number of aromatic nitrogens is 3. The fraction of sp³-hybridized carbons (Fsp3) is 0.364. The maximum absolute atomic E-state index is 12.5. The van der Waals surface area contributed by atoms with Gasteiger partial charge >= 0.3 is 0 Å². The first-order valence-electron chi connectivity index (χ1n) is 5.53. The molecule has 94 valence electrons.